The van der Waals surface area contributed by atoms with Gasteiger partial charge < -0.3 is 4.57 Å². The number of hydrogen-bond acceptors (Lipinski definition) is 3. The maximum atomic E-state index is 12.9. The van der Waals surface area contributed by atoms with Gasteiger partial charge in [-0.05, 0) is 84.6 Å². The number of fused-ring (bicyclic) bond motifs is 3. The summed E-state index contributed by atoms with van der Waals surface area (Å²) in [4.78, 5) is 23.1. The molecule has 0 amide bonds. The Hall–Kier alpha value is -6.07. The van der Waals surface area contributed by atoms with E-state index in [1.165, 1.54) is 0 Å². The molecule has 0 aliphatic heterocycles. The lowest BCUT2D eigenvalue weighted by Gasteiger charge is -2.12. The summed E-state index contributed by atoms with van der Waals surface area (Å²) >= 11 is 0. The third-order valence-electron chi connectivity index (χ3n) is 9.20. The Morgan fingerprint density at radius 1 is 0.638 bits per heavy atom. The number of hydrogen-bond donors (Lipinski definition) is 0. The lowest BCUT2D eigenvalue weighted by Crippen LogP contribution is -2.05. The van der Waals surface area contributed by atoms with Crippen LogP contribution in [0.25, 0.3) is 72.8 Å². The van der Waals surface area contributed by atoms with Gasteiger partial charge in [-0.1, -0.05) is 85.4 Å². The molecule has 5 aromatic carbocycles. The second-order valence-electron chi connectivity index (χ2n) is 12.0. The van der Waals surface area contributed by atoms with Crippen molar-refractivity contribution in [1.82, 2.24) is 19.1 Å². The van der Waals surface area contributed by atoms with Gasteiger partial charge in [0.05, 0.1) is 33.6 Å². The molecule has 3 heterocycles. The van der Waals surface area contributed by atoms with Crippen molar-refractivity contribution in [3.05, 3.63) is 150 Å². The van der Waals surface area contributed by atoms with Crippen LogP contribution in [0.15, 0.2) is 128 Å². The first-order valence-corrected chi connectivity index (χ1v) is 15.8. The molecule has 0 saturated heterocycles. The van der Waals surface area contributed by atoms with Crippen molar-refractivity contribution in [1.29, 1.82) is 0 Å². The summed E-state index contributed by atoms with van der Waals surface area (Å²) in [5.74, 6) is 0.658. The number of carbonyl (C=O) groups excluding carboxylic acids is 1. The summed E-state index contributed by atoms with van der Waals surface area (Å²) in [7, 11) is 0. The Bertz CT molecular complexity index is 2520. The topological polar surface area (TPSA) is 52.7 Å². The normalized spacial score (nSPS) is 11.5. The Balaban J connectivity index is 1.31. The Kier molecular flexibility index (Phi) is 6.69. The smallest absolute Gasteiger partial charge is 0.235 e. The van der Waals surface area contributed by atoms with E-state index in [1.54, 1.807) is 6.92 Å². The van der Waals surface area contributed by atoms with Crippen LogP contribution in [0.5, 0.6) is 0 Å². The van der Waals surface area contributed by atoms with Crippen molar-refractivity contribution in [3.63, 3.8) is 0 Å². The number of carbonyl (C=O) groups is 1. The Morgan fingerprint density at radius 2 is 1.23 bits per heavy atom. The van der Waals surface area contributed by atoms with Crippen LogP contribution in [0.4, 0.5) is 0 Å². The average molecular weight is 609 g/mol. The van der Waals surface area contributed by atoms with E-state index in [0.29, 0.717) is 11.6 Å². The van der Waals surface area contributed by atoms with E-state index in [-0.39, 0.29) is 5.78 Å². The van der Waals surface area contributed by atoms with Crippen LogP contribution >= 0.6 is 0 Å². The van der Waals surface area contributed by atoms with Crippen LogP contribution in [0.1, 0.15) is 34.2 Å². The minimum absolute atomic E-state index is 0.0470. The van der Waals surface area contributed by atoms with Crippen LogP contribution in [0, 0.1) is 13.8 Å². The fraction of sp³-hybridized carbons (Fsp3) is 0.0714. The van der Waals surface area contributed by atoms with Gasteiger partial charge in [0.1, 0.15) is 0 Å². The second-order valence-corrected chi connectivity index (χ2v) is 12.0. The van der Waals surface area contributed by atoms with Crippen molar-refractivity contribution in [2.75, 3.05) is 0 Å². The number of ketones is 1. The predicted molar refractivity (Wildman–Crippen MR) is 194 cm³/mol. The number of rotatable bonds is 6. The first-order valence-electron chi connectivity index (χ1n) is 15.8. The molecule has 0 bridgehead atoms. The third-order valence-corrected chi connectivity index (χ3v) is 9.20. The molecule has 8 aromatic rings. The highest BCUT2D eigenvalue weighted by atomic mass is 16.1. The molecule has 0 spiro atoms. The van der Waals surface area contributed by atoms with E-state index in [9.17, 15) is 4.79 Å². The van der Waals surface area contributed by atoms with Crippen molar-refractivity contribution in [2.24, 2.45) is 0 Å². The van der Waals surface area contributed by atoms with Gasteiger partial charge in [-0.15, -0.1) is 0 Å². The molecule has 8 rings (SSSR count). The molecule has 0 aliphatic rings. The fourth-order valence-electron chi connectivity index (χ4n) is 6.98. The van der Waals surface area contributed by atoms with Gasteiger partial charge in [-0.25, -0.2) is 9.97 Å². The third kappa shape index (κ3) is 4.50. The fourth-order valence-corrected chi connectivity index (χ4v) is 6.98. The van der Waals surface area contributed by atoms with Crippen molar-refractivity contribution in [3.8, 4) is 34.0 Å². The van der Waals surface area contributed by atoms with Crippen molar-refractivity contribution in [2.45, 2.75) is 20.8 Å². The van der Waals surface area contributed by atoms with Gasteiger partial charge in [0.2, 0.25) is 5.95 Å². The van der Waals surface area contributed by atoms with E-state index in [2.05, 4.69) is 77.2 Å². The zero-order valence-electron chi connectivity index (χ0n) is 26.5. The summed E-state index contributed by atoms with van der Waals surface area (Å²) < 4.78 is 4.20. The molecule has 0 atom stereocenters. The highest BCUT2D eigenvalue weighted by Crippen LogP contribution is 2.37. The highest BCUT2D eigenvalue weighted by Gasteiger charge is 2.21. The van der Waals surface area contributed by atoms with Gasteiger partial charge in [0, 0.05) is 34.3 Å². The maximum absolute atomic E-state index is 12.9. The minimum Gasteiger partial charge on any atom is -0.306 e. The molecule has 0 aliphatic carbocycles. The number of aromatic nitrogens is 4. The molecule has 5 nitrogen and oxygen atoms in total. The van der Waals surface area contributed by atoms with Gasteiger partial charge in [-0.3, -0.25) is 9.36 Å². The predicted octanol–water partition coefficient (Wildman–Crippen LogP) is 10.3. The van der Waals surface area contributed by atoms with Crippen LogP contribution in [0.2, 0.25) is 0 Å². The number of aryl methyl sites for hydroxylation is 2. The molecule has 0 N–H and O–H groups in total. The largest absolute Gasteiger partial charge is 0.306 e. The van der Waals surface area contributed by atoms with Crippen LogP contribution < -0.4 is 0 Å². The van der Waals surface area contributed by atoms with Gasteiger partial charge in [-0.2, -0.15) is 0 Å². The summed E-state index contributed by atoms with van der Waals surface area (Å²) in [6, 6.07) is 41.5. The monoisotopic (exact) mass is 608 g/mol. The SMILES string of the molecule is C=Cc1c(C)c2cc(-c3ccc4c(c3)c(C)c(C(C)=O)n4-c3ccccc3)ccc2n1-c1nc(-c2ccccc2)c2ccccc2n1. The number of para-hydroxylation sites is 2. The Morgan fingerprint density at radius 3 is 1.89 bits per heavy atom. The van der Waals surface area contributed by atoms with E-state index in [4.69, 9.17) is 9.97 Å². The summed E-state index contributed by atoms with van der Waals surface area (Å²) in [6.45, 7) is 10.00. The van der Waals surface area contributed by atoms with Gasteiger partial charge in [0.15, 0.2) is 5.78 Å². The molecule has 47 heavy (non-hydrogen) atoms. The van der Waals surface area contributed by atoms with Crippen LogP contribution in [0.3, 0.4) is 0 Å². The van der Waals surface area contributed by atoms with Gasteiger partial charge >= 0.3 is 0 Å². The van der Waals surface area contributed by atoms with Crippen LogP contribution in [-0.4, -0.2) is 24.9 Å². The van der Waals surface area contributed by atoms with E-state index in [1.807, 2.05) is 79.7 Å². The lowest BCUT2D eigenvalue weighted by atomic mass is 10.00. The maximum Gasteiger partial charge on any atom is 0.235 e. The first kappa shape index (κ1) is 28.4. The standard InChI is InChI=1S/C42H32N4O/c1-5-37-26(2)34-24-30(31-20-22-38-35(25-31)27(3)41(28(4)47)45(38)32-16-10-7-11-17-32)21-23-39(34)46(37)42-43-36-19-13-12-18-33(36)40(44-42)29-14-8-6-9-15-29/h5-25H,1H2,2-4H3. The number of nitrogens with zero attached hydrogens (tertiary/aromatic N) is 4. The minimum atomic E-state index is 0.0470. The van der Waals surface area contributed by atoms with Crippen molar-refractivity contribution < 1.29 is 4.79 Å². The zero-order valence-corrected chi connectivity index (χ0v) is 26.5. The molecule has 0 unspecified atom stereocenters. The number of benzene rings is 5. The molecule has 0 radical (unpaired) electrons. The van der Waals surface area contributed by atoms with E-state index in [0.717, 1.165) is 77.6 Å². The molecular weight excluding hydrogens is 576 g/mol. The molecule has 3 aromatic heterocycles. The highest BCUT2D eigenvalue weighted by molar-refractivity contribution is 6.04. The van der Waals surface area contributed by atoms with E-state index < -0.39 is 0 Å². The molecule has 0 saturated carbocycles. The second kappa shape index (κ2) is 11.1. The molecule has 0 fully saturated rings. The van der Waals surface area contributed by atoms with Gasteiger partial charge in [0.25, 0.3) is 0 Å². The lowest BCUT2D eigenvalue weighted by molar-refractivity contribution is 0.101. The molecule has 226 valence electrons. The van der Waals surface area contributed by atoms with E-state index >= 15 is 0 Å². The van der Waals surface area contributed by atoms with Crippen molar-refractivity contribution >= 4 is 44.6 Å². The number of Topliss-reactive ketones (excluding diaryl/α,β-unsaturated/α-hetero) is 1. The Labute approximate surface area is 273 Å². The summed E-state index contributed by atoms with van der Waals surface area (Å²) in [6.07, 6.45) is 1.89. The van der Waals surface area contributed by atoms with Crippen LogP contribution in [-0.2, 0) is 0 Å². The quantitative estimate of drug-likeness (QED) is 0.177. The zero-order chi connectivity index (χ0) is 32.2. The summed E-state index contributed by atoms with van der Waals surface area (Å²) in [5, 5.41) is 3.19. The summed E-state index contributed by atoms with van der Waals surface area (Å²) in [5.41, 5.74) is 11.8. The first-order chi connectivity index (χ1) is 22.9. The average Bonchev–Trinajstić information content (AvgIpc) is 3.58. The molecular formula is C42H32N4O. The molecule has 5 heteroatoms.